The summed E-state index contributed by atoms with van der Waals surface area (Å²) in [5, 5.41) is 2.73. The van der Waals surface area contributed by atoms with Gasteiger partial charge in [-0.1, -0.05) is 0 Å². The summed E-state index contributed by atoms with van der Waals surface area (Å²) in [6.45, 7) is 5.59. The highest BCUT2D eigenvalue weighted by atomic mass is 32.2. The maximum Gasteiger partial charge on any atom is 0.407 e. The van der Waals surface area contributed by atoms with E-state index < -0.39 is 21.8 Å². The van der Waals surface area contributed by atoms with Crippen LogP contribution in [0.25, 0.3) is 0 Å². The smallest absolute Gasteiger partial charge is 0.407 e. The molecule has 1 aliphatic carbocycles. The van der Waals surface area contributed by atoms with Crippen molar-refractivity contribution in [2.24, 2.45) is 5.92 Å². The van der Waals surface area contributed by atoms with Crippen LogP contribution in [0.3, 0.4) is 0 Å². The molecule has 1 amide bonds. The van der Waals surface area contributed by atoms with Crippen molar-refractivity contribution in [2.75, 3.05) is 12.9 Å². The number of hydrogen-bond donors (Lipinski definition) is 1. The lowest BCUT2D eigenvalue weighted by Crippen LogP contribution is -2.47. The van der Waals surface area contributed by atoms with Gasteiger partial charge in [-0.25, -0.2) is 4.79 Å². The van der Waals surface area contributed by atoms with Crippen molar-refractivity contribution >= 4 is 16.2 Å². The molecule has 1 fully saturated rings. The minimum Gasteiger partial charge on any atom is -0.444 e. The summed E-state index contributed by atoms with van der Waals surface area (Å²) >= 11 is 0. The number of alkyl carbamates (subject to hydrolysis) is 1. The lowest BCUT2D eigenvalue weighted by Gasteiger charge is -2.35. The van der Waals surface area contributed by atoms with E-state index >= 15 is 0 Å². The van der Waals surface area contributed by atoms with E-state index in [1.165, 1.54) is 0 Å². The molecule has 106 valence electrons. The van der Waals surface area contributed by atoms with Crippen LogP contribution < -0.4 is 5.32 Å². The number of carbonyl (C=O) groups excluding carboxylic acids is 1. The largest absolute Gasteiger partial charge is 0.444 e. The summed E-state index contributed by atoms with van der Waals surface area (Å²) in [5.74, 6) is 0.180. The van der Waals surface area contributed by atoms with Crippen LogP contribution in [-0.4, -0.2) is 39.0 Å². The second-order valence-corrected chi connectivity index (χ2v) is 7.31. The molecule has 1 saturated carbocycles. The van der Waals surface area contributed by atoms with Crippen LogP contribution in [0.5, 0.6) is 0 Å². The number of carbonyl (C=O) groups is 1. The van der Waals surface area contributed by atoms with Gasteiger partial charge in [0.15, 0.2) is 0 Å². The van der Waals surface area contributed by atoms with Crippen LogP contribution in [0.15, 0.2) is 0 Å². The molecule has 1 rings (SSSR count). The first-order valence-corrected chi connectivity index (χ1v) is 7.71. The average molecular weight is 279 g/mol. The molecule has 0 aromatic carbocycles. The Morgan fingerprint density at radius 3 is 2.33 bits per heavy atom. The number of rotatable bonds is 4. The number of hydrogen-bond acceptors (Lipinski definition) is 5. The van der Waals surface area contributed by atoms with Crippen molar-refractivity contribution in [3.63, 3.8) is 0 Å². The zero-order valence-electron chi connectivity index (χ0n) is 11.2. The van der Waals surface area contributed by atoms with Crippen LogP contribution in [0.1, 0.15) is 33.6 Å². The Labute approximate surface area is 108 Å². The van der Waals surface area contributed by atoms with Crippen molar-refractivity contribution in [1.29, 1.82) is 0 Å². The van der Waals surface area contributed by atoms with Gasteiger partial charge in [0.2, 0.25) is 0 Å². The molecule has 1 N–H and O–H groups in total. The van der Waals surface area contributed by atoms with Crippen molar-refractivity contribution in [2.45, 2.75) is 45.3 Å². The van der Waals surface area contributed by atoms with Crippen LogP contribution in [0, 0.1) is 5.92 Å². The minimum atomic E-state index is -3.37. The Morgan fingerprint density at radius 2 is 1.89 bits per heavy atom. The quantitative estimate of drug-likeness (QED) is 0.784. The molecular formula is C11H21NO5S. The summed E-state index contributed by atoms with van der Waals surface area (Å²) in [5.41, 5.74) is -0.507. The second kappa shape index (κ2) is 5.44. The molecule has 0 bridgehead atoms. The van der Waals surface area contributed by atoms with Crippen LogP contribution in [-0.2, 0) is 19.0 Å². The Balaban J connectivity index is 2.18. The highest BCUT2D eigenvalue weighted by molar-refractivity contribution is 7.85. The van der Waals surface area contributed by atoms with Gasteiger partial charge in [-0.3, -0.25) is 4.18 Å². The van der Waals surface area contributed by atoms with E-state index in [0.717, 1.165) is 19.1 Å². The first-order chi connectivity index (χ1) is 8.05. The van der Waals surface area contributed by atoms with Gasteiger partial charge in [-0.2, -0.15) is 8.42 Å². The summed E-state index contributed by atoms with van der Waals surface area (Å²) < 4.78 is 31.4. The fraction of sp³-hybridized carbons (Fsp3) is 0.909. The molecule has 0 aromatic heterocycles. The predicted octanol–water partition coefficient (Wildman–Crippen LogP) is 1.27. The average Bonchev–Trinajstić information content (AvgIpc) is 2.03. The summed E-state index contributed by atoms with van der Waals surface area (Å²) in [6.07, 6.45) is 2.03. The zero-order chi connectivity index (χ0) is 14.0. The standard InChI is InChI=1S/C11H21NO5S/c1-11(2,3)17-10(13)12-9-5-8(6-9)7-16-18(4,14)15/h8-9H,5-7H2,1-4H3,(H,12,13). The third-order valence-corrected chi connectivity index (χ3v) is 3.04. The Kier molecular flexibility index (Phi) is 4.61. The van der Waals surface area contributed by atoms with E-state index in [2.05, 4.69) is 5.32 Å². The fourth-order valence-corrected chi connectivity index (χ4v) is 2.12. The fourth-order valence-electron chi connectivity index (χ4n) is 1.68. The van der Waals surface area contributed by atoms with Gasteiger partial charge in [0.25, 0.3) is 10.1 Å². The maximum atomic E-state index is 11.4. The normalized spacial score (nSPS) is 24.2. The van der Waals surface area contributed by atoms with Crippen LogP contribution >= 0.6 is 0 Å². The molecule has 0 saturated heterocycles. The first kappa shape index (κ1) is 15.2. The van der Waals surface area contributed by atoms with Gasteiger partial charge in [-0.15, -0.1) is 0 Å². The molecule has 0 aromatic rings. The van der Waals surface area contributed by atoms with E-state index in [9.17, 15) is 13.2 Å². The molecule has 1 aliphatic rings. The number of amides is 1. The third-order valence-electron chi connectivity index (χ3n) is 2.47. The van der Waals surface area contributed by atoms with Gasteiger partial charge in [0.1, 0.15) is 5.60 Å². The highest BCUT2D eigenvalue weighted by Gasteiger charge is 2.32. The van der Waals surface area contributed by atoms with Crippen LogP contribution in [0.2, 0.25) is 0 Å². The van der Waals surface area contributed by atoms with Crippen molar-refractivity contribution in [1.82, 2.24) is 5.32 Å². The van der Waals surface area contributed by atoms with Gasteiger partial charge in [0, 0.05) is 6.04 Å². The molecule has 0 spiro atoms. The Bertz CT molecular complexity index is 392. The van der Waals surface area contributed by atoms with Gasteiger partial charge in [0.05, 0.1) is 12.9 Å². The van der Waals surface area contributed by atoms with E-state index in [-0.39, 0.29) is 18.6 Å². The van der Waals surface area contributed by atoms with Crippen LogP contribution in [0.4, 0.5) is 4.79 Å². The number of ether oxygens (including phenoxy) is 1. The van der Waals surface area contributed by atoms with E-state index in [1.807, 2.05) is 0 Å². The summed E-state index contributed by atoms with van der Waals surface area (Å²) in [4.78, 5) is 11.4. The topological polar surface area (TPSA) is 81.7 Å². The monoisotopic (exact) mass is 279 g/mol. The predicted molar refractivity (Wildman–Crippen MR) is 66.7 cm³/mol. The van der Waals surface area contributed by atoms with E-state index in [1.54, 1.807) is 20.8 Å². The molecule has 6 nitrogen and oxygen atoms in total. The van der Waals surface area contributed by atoms with Gasteiger partial charge in [-0.05, 0) is 39.5 Å². The van der Waals surface area contributed by atoms with Crippen molar-refractivity contribution in [3.8, 4) is 0 Å². The lowest BCUT2D eigenvalue weighted by atomic mass is 9.81. The summed E-state index contributed by atoms with van der Waals surface area (Å²) in [7, 11) is -3.37. The SMILES string of the molecule is CC(C)(C)OC(=O)NC1CC(COS(C)(=O)=O)C1. The maximum absolute atomic E-state index is 11.4. The number of nitrogens with one attached hydrogen (secondary N) is 1. The molecule has 0 unspecified atom stereocenters. The second-order valence-electron chi connectivity index (χ2n) is 5.67. The van der Waals surface area contributed by atoms with Gasteiger partial charge >= 0.3 is 6.09 Å². The molecule has 0 atom stereocenters. The highest BCUT2D eigenvalue weighted by Crippen LogP contribution is 2.28. The van der Waals surface area contributed by atoms with Crippen molar-refractivity contribution < 1.29 is 22.1 Å². The molecule has 0 radical (unpaired) electrons. The molecule has 18 heavy (non-hydrogen) atoms. The molecule has 7 heteroatoms. The molecule has 0 heterocycles. The zero-order valence-corrected chi connectivity index (χ0v) is 12.0. The van der Waals surface area contributed by atoms with E-state index in [4.69, 9.17) is 8.92 Å². The first-order valence-electron chi connectivity index (χ1n) is 5.89. The third kappa shape index (κ3) is 6.20. The Hall–Kier alpha value is -0.820. The Morgan fingerprint density at radius 1 is 1.33 bits per heavy atom. The van der Waals surface area contributed by atoms with E-state index in [0.29, 0.717) is 0 Å². The summed E-state index contributed by atoms with van der Waals surface area (Å²) in [6, 6.07) is 0.0491. The van der Waals surface area contributed by atoms with Gasteiger partial charge < -0.3 is 10.1 Å². The molecular weight excluding hydrogens is 258 g/mol. The molecule has 0 aliphatic heterocycles. The minimum absolute atomic E-state index is 0.0491. The van der Waals surface area contributed by atoms with Crippen molar-refractivity contribution in [3.05, 3.63) is 0 Å². The lowest BCUT2D eigenvalue weighted by molar-refractivity contribution is 0.0429.